The summed E-state index contributed by atoms with van der Waals surface area (Å²) in [6.07, 6.45) is 3.68. The standard InChI is InChI=1S/C17H20N4O2/c22-21(23)17-4-2-1-3-16(17)14-20-11-9-19(10-12-20)13-15-5-7-18-8-6-15/h1-8H,9-14H2/p+2. The average Bonchev–Trinajstić information content (AvgIpc) is 2.58. The molecule has 1 aliphatic heterocycles. The Kier molecular flexibility index (Phi) is 4.95. The van der Waals surface area contributed by atoms with Crippen LogP contribution in [0.4, 0.5) is 5.69 Å². The van der Waals surface area contributed by atoms with E-state index in [-0.39, 0.29) is 10.6 Å². The number of nitro groups is 1. The van der Waals surface area contributed by atoms with Crippen LogP contribution in [0.25, 0.3) is 0 Å². The van der Waals surface area contributed by atoms with Gasteiger partial charge in [-0.05, 0) is 18.2 Å². The van der Waals surface area contributed by atoms with Crippen LogP contribution in [0.2, 0.25) is 0 Å². The Morgan fingerprint density at radius 3 is 2.22 bits per heavy atom. The van der Waals surface area contributed by atoms with Crippen LogP contribution in [0.1, 0.15) is 11.1 Å². The van der Waals surface area contributed by atoms with Gasteiger partial charge in [0.25, 0.3) is 5.69 Å². The molecule has 0 bridgehead atoms. The molecule has 2 heterocycles. The van der Waals surface area contributed by atoms with E-state index >= 15 is 0 Å². The van der Waals surface area contributed by atoms with Gasteiger partial charge in [-0.15, -0.1) is 0 Å². The molecule has 120 valence electrons. The molecule has 1 aromatic heterocycles. The average molecular weight is 314 g/mol. The van der Waals surface area contributed by atoms with Crippen LogP contribution in [0.5, 0.6) is 0 Å². The van der Waals surface area contributed by atoms with E-state index in [0.717, 1.165) is 44.8 Å². The molecule has 6 heteroatoms. The SMILES string of the molecule is O=[N+]([O-])c1ccccc1C[NH+]1CC[NH+](Cc2ccncc2)CC1. The lowest BCUT2D eigenvalue weighted by Gasteiger charge is -2.29. The minimum atomic E-state index is -0.278. The molecule has 23 heavy (non-hydrogen) atoms. The van der Waals surface area contributed by atoms with Crippen LogP contribution in [0, 0.1) is 10.1 Å². The molecule has 2 aromatic rings. The molecule has 0 unspecified atom stereocenters. The molecule has 6 nitrogen and oxygen atoms in total. The Bertz CT molecular complexity index is 655. The first-order chi connectivity index (χ1) is 11.2. The number of nitrogens with one attached hydrogen (secondary N) is 2. The highest BCUT2D eigenvalue weighted by atomic mass is 16.6. The van der Waals surface area contributed by atoms with Gasteiger partial charge in [-0.25, -0.2) is 0 Å². The first-order valence-corrected chi connectivity index (χ1v) is 8.00. The number of pyridine rings is 1. The Balaban J connectivity index is 1.54. The van der Waals surface area contributed by atoms with Crippen LogP contribution >= 0.6 is 0 Å². The zero-order valence-electron chi connectivity index (χ0n) is 13.1. The number of rotatable bonds is 5. The number of nitro benzene ring substituents is 1. The van der Waals surface area contributed by atoms with Crippen molar-refractivity contribution in [2.45, 2.75) is 13.1 Å². The molecule has 3 rings (SSSR count). The number of benzene rings is 1. The molecule has 0 aliphatic carbocycles. The zero-order valence-corrected chi connectivity index (χ0v) is 13.1. The molecule has 2 N–H and O–H groups in total. The van der Waals surface area contributed by atoms with Gasteiger partial charge in [0.15, 0.2) is 0 Å². The highest BCUT2D eigenvalue weighted by molar-refractivity contribution is 5.39. The third-order valence-corrected chi connectivity index (χ3v) is 4.50. The van der Waals surface area contributed by atoms with Crippen molar-refractivity contribution < 1.29 is 14.7 Å². The minimum absolute atomic E-state index is 0.242. The highest BCUT2D eigenvalue weighted by Gasteiger charge is 2.25. The first-order valence-electron chi connectivity index (χ1n) is 8.00. The number of hydrogen-bond acceptors (Lipinski definition) is 3. The Morgan fingerprint density at radius 1 is 0.957 bits per heavy atom. The van der Waals surface area contributed by atoms with E-state index in [0.29, 0.717) is 0 Å². The summed E-state index contributed by atoms with van der Waals surface area (Å²) in [5.74, 6) is 0. The van der Waals surface area contributed by atoms with E-state index in [1.54, 1.807) is 17.0 Å². The van der Waals surface area contributed by atoms with Gasteiger partial charge in [-0.3, -0.25) is 15.1 Å². The third-order valence-electron chi connectivity index (χ3n) is 4.50. The molecular formula is C17H22N4O2+2. The van der Waals surface area contributed by atoms with Crippen molar-refractivity contribution in [3.05, 3.63) is 70.0 Å². The predicted octanol–water partition coefficient (Wildman–Crippen LogP) is -0.527. The van der Waals surface area contributed by atoms with Crippen molar-refractivity contribution in [1.82, 2.24) is 4.98 Å². The predicted molar refractivity (Wildman–Crippen MR) is 86.1 cm³/mol. The van der Waals surface area contributed by atoms with E-state index in [1.165, 1.54) is 10.5 Å². The molecule has 1 aliphatic rings. The molecule has 1 fully saturated rings. The molecule has 1 aromatic carbocycles. The number of aromatic nitrogens is 1. The monoisotopic (exact) mass is 314 g/mol. The quantitative estimate of drug-likeness (QED) is 0.576. The van der Waals surface area contributed by atoms with Gasteiger partial charge >= 0.3 is 0 Å². The van der Waals surface area contributed by atoms with Crippen LogP contribution in [-0.2, 0) is 13.1 Å². The summed E-state index contributed by atoms with van der Waals surface area (Å²) in [5, 5.41) is 11.1. The second-order valence-electron chi connectivity index (χ2n) is 6.09. The summed E-state index contributed by atoms with van der Waals surface area (Å²) >= 11 is 0. The number of quaternary nitrogens is 2. The molecule has 0 saturated carbocycles. The number of para-hydroxylation sites is 1. The van der Waals surface area contributed by atoms with Gasteiger partial charge in [0.05, 0.1) is 10.5 Å². The number of piperazine rings is 1. The van der Waals surface area contributed by atoms with E-state index in [1.807, 2.05) is 24.5 Å². The maximum atomic E-state index is 11.1. The summed E-state index contributed by atoms with van der Waals surface area (Å²) in [4.78, 5) is 17.9. The van der Waals surface area contributed by atoms with Gasteiger partial charge in [0.1, 0.15) is 39.3 Å². The van der Waals surface area contributed by atoms with Gasteiger partial charge in [-0.1, -0.05) is 12.1 Å². The second kappa shape index (κ2) is 7.30. The molecule has 0 radical (unpaired) electrons. The summed E-state index contributed by atoms with van der Waals surface area (Å²) in [7, 11) is 0. The van der Waals surface area contributed by atoms with Crippen molar-refractivity contribution in [2.24, 2.45) is 0 Å². The third kappa shape index (κ3) is 4.12. The van der Waals surface area contributed by atoms with Crippen LogP contribution < -0.4 is 9.80 Å². The van der Waals surface area contributed by atoms with Crippen molar-refractivity contribution in [2.75, 3.05) is 26.2 Å². The summed E-state index contributed by atoms with van der Waals surface area (Å²) in [5.41, 5.74) is 2.40. The molecule has 0 spiro atoms. The first kappa shape index (κ1) is 15.6. The fourth-order valence-electron chi connectivity index (χ4n) is 3.21. The fraction of sp³-hybridized carbons (Fsp3) is 0.353. The maximum absolute atomic E-state index is 11.1. The maximum Gasteiger partial charge on any atom is 0.278 e. The van der Waals surface area contributed by atoms with Gasteiger partial charge in [0.2, 0.25) is 0 Å². The van der Waals surface area contributed by atoms with Crippen LogP contribution in [-0.4, -0.2) is 36.1 Å². The summed E-state index contributed by atoms with van der Waals surface area (Å²) < 4.78 is 0. The van der Waals surface area contributed by atoms with Gasteiger partial charge in [0, 0.05) is 24.0 Å². The molecular weight excluding hydrogens is 292 g/mol. The minimum Gasteiger partial charge on any atom is -0.322 e. The van der Waals surface area contributed by atoms with Crippen molar-refractivity contribution in [1.29, 1.82) is 0 Å². The van der Waals surface area contributed by atoms with E-state index < -0.39 is 0 Å². The normalized spacial score (nSPS) is 21.0. The van der Waals surface area contributed by atoms with Gasteiger partial charge in [-0.2, -0.15) is 0 Å². The fourth-order valence-corrected chi connectivity index (χ4v) is 3.21. The van der Waals surface area contributed by atoms with Crippen LogP contribution in [0.3, 0.4) is 0 Å². The number of hydrogen-bond donors (Lipinski definition) is 2. The topological polar surface area (TPSA) is 64.9 Å². The van der Waals surface area contributed by atoms with Crippen molar-refractivity contribution >= 4 is 5.69 Å². The summed E-state index contributed by atoms with van der Waals surface area (Å²) in [6.45, 7) is 6.05. The van der Waals surface area contributed by atoms with Gasteiger partial charge < -0.3 is 9.80 Å². The van der Waals surface area contributed by atoms with Crippen LogP contribution in [0.15, 0.2) is 48.8 Å². The lowest BCUT2D eigenvalue weighted by atomic mass is 10.1. The van der Waals surface area contributed by atoms with E-state index in [4.69, 9.17) is 0 Å². The number of nitrogens with zero attached hydrogens (tertiary/aromatic N) is 2. The Morgan fingerprint density at radius 2 is 1.57 bits per heavy atom. The molecule has 1 saturated heterocycles. The second-order valence-corrected chi connectivity index (χ2v) is 6.09. The summed E-state index contributed by atoms with van der Waals surface area (Å²) in [6, 6.07) is 11.2. The van der Waals surface area contributed by atoms with Crippen molar-refractivity contribution in [3.8, 4) is 0 Å². The largest absolute Gasteiger partial charge is 0.322 e. The molecule has 0 atom stereocenters. The lowest BCUT2D eigenvalue weighted by molar-refractivity contribution is -1.02. The Hall–Kier alpha value is -2.31. The van der Waals surface area contributed by atoms with Crippen molar-refractivity contribution in [3.63, 3.8) is 0 Å². The molecule has 0 amide bonds. The lowest BCUT2D eigenvalue weighted by Crippen LogP contribution is -3.27. The Labute approximate surface area is 135 Å². The highest BCUT2D eigenvalue weighted by Crippen LogP contribution is 2.16. The van der Waals surface area contributed by atoms with E-state index in [9.17, 15) is 10.1 Å². The smallest absolute Gasteiger partial charge is 0.278 e. The zero-order chi connectivity index (χ0) is 16.1. The van der Waals surface area contributed by atoms with E-state index in [2.05, 4.69) is 17.1 Å².